The van der Waals surface area contributed by atoms with E-state index in [1.54, 1.807) is 18.7 Å². The number of hydrogen-bond donors (Lipinski definition) is 0. The standard InChI is InChI=1S/C12H15NOS/c1-9(14)13-6-5-10-3-4-12(15-2)7-11(10)8-13/h3-4,7H,5-6,8H2,1-2H3. The predicted octanol–water partition coefficient (Wildman–Crippen LogP) is 2.31. The minimum atomic E-state index is 0.176. The van der Waals surface area contributed by atoms with Crippen molar-refractivity contribution in [3.05, 3.63) is 29.3 Å². The fourth-order valence-electron chi connectivity index (χ4n) is 1.93. The molecule has 1 aliphatic heterocycles. The van der Waals surface area contributed by atoms with Crippen LogP contribution in [0.25, 0.3) is 0 Å². The zero-order valence-corrected chi connectivity index (χ0v) is 9.93. The highest BCUT2D eigenvalue weighted by atomic mass is 32.2. The molecule has 80 valence electrons. The fourth-order valence-corrected chi connectivity index (χ4v) is 2.39. The van der Waals surface area contributed by atoms with Crippen molar-refractivity contribution in [3.8, 4) is 0 Å². The maximum absolute atomic E-state index is 11.3. The van der Waals surface area contributed by atoms with E-state index < -0.39 is 0 Å². The van der Waals surface area contributed by atoms with Crippen LogP contribution in [-0.2, 0) is 17.8 Å². The van der Waals surface area contributed by atoms with Gasteiger partial charge in [-0.3, -0.25) is 4.79 Å². The third-order valence-electron chi connectivity index (χ3n) is 2.87. The van der Waals surface area contributed by atoms with Crippen molar-refractivity contribution in [2.75, 3.05) is 12.8 Å². The van der Waals surface area contributed by atoms with Gasteiger partial charge in [-0.1, -0.05) is 6.07 Å². The van der Waals surface area contributed by atoms with Crippen LogP contribution in [0.4, 0.5) is 0 Å². The Balaban J connectivity index is 2.27. The molecule has 0 saturated heterocycles. The number of hydrogen-bond acceptors (Lipinski definition) is 2. The molecule has 1 amide bonds. The molecule has 0 saturated carbocycles. The van der Waals surface area contributed by atoms with Gasteiger partial charge in [-0.15, -0.1) is 11.8 Å². The fraction of sp³-hybridized carbons (Fsp3) is 0.417. The Morgan fingerprint density at radius 1 is 1.40 bits per heavy atom. The first-order valence-corrected chi connectivity index (χ1v) is 6.34. The second-order valence-corrected chi connectivity index (χ2v) is 4.70. The van der Waals surface area contributed by atoms with Crippen molar-refractivity contribution in [2.24, 2.45) is 0 Å². The molecule has 1 heterocycles. The van der Waals surface area contributed by atoms with E-state index >= 15 is 0 Å². The molecule has 3 heteroatoms. The Hall–Kier alpha value is -0.960. The Bertz CT molecular complexity index is 389. The lowest BCUT2D eigenvalue weighted by atomic mass is 10.00. The molecule has 0 unspecified atom stereocenters. The molecule has 15 heavy (non-hydrogen) atoms. The Morgan fingerprint density at radius 3 is 2.87 bits per heavy atom. The molecule has 2 nitrogen and oxygen atoms in total. The summed E-state index contributed by atoms with van der Waals surface area (Å²) in [5.41, 5.74) is 2.70. The van der Waals surface area contributed by atoms with Gasteiger partial charge in [0.15, 0.2) is 0 Å². The molecule has 1 aliphatic rings. The van der Waals surface area contributed by atoms with Crippen molar-refractivity contribution in [1.82, 2.24) is 4.90 Å². The van der Waals surface area contributed by atoms with Crippen LogP contribution in [0.3, 0.4) is 0 Å². The van der Waals surface area contributed by atoms with E-state index in [-0.39, 0.29) is 5.91 Å². The minimum absolute atomic E-state index is 0.176. The second-order valence-electron chi connectivity index (χ2n) is 3.83. The van der Waals surface area contributed by atoms with E-state index in [1.165, 1.54) is 16.0 Å². The summed E-state index contributed by atoms with van der Waals surface area (Å²) in [6.07, 6.45) is 3.07. The Labute approximate surface area is 94.7 Å². The molecule has 0 bridgehead atoms. The van der Waals surface area contributed by atoms with Gasteiger partial charge in [0.05, 0.1) is 0 Å². The first-order valence-electron chi connectivity index (χ1n) is 5.12. The summed E-state index contributed by atoms with van der Waals surface area (Å²) in [5, 5.41) is 0. The highest BCUT2D eigenvalue weighted by Crippen LogP contribution is 2.24. The van der Waals surface area contributed by atoms with Gasteiger partial charge < -0.3 is 4.90 Å². The SMILES string of the molecule is CSc1ccc2c(c1)CN(C(C)=O)CC2. The minimum Gasteiger partial charge on any atom is -0.338 e. The number of thioether (sulfide) groups is 1. The summed E-state index contributed by atoms with van der Waals surface area (Å²) in [6.45, 7) is 3.28. The number of fused-ring (bicyclic) bond motifs is 1. The summed E-state index contributed by atoms with van der Waals surface area (Å²) in [4.78, 5) is 14.5. The smallest absolute Gasteiger partial charge is 0.219 e. The number of rotatable bonds is 1. The summed E-state index contributed by atoms with van der Waals surface area (Å²) < 4.78 is 0. The topological polar surface area (TPSA) is 20.3 Å². The molecule has 0 spiro atoms. The second kappa shape index (κ2) is 4.27. The number of nitrogens with zero attached hydrogens (tertiary/aromatic N) is 1. The highest BCUT2D eigenvalue weighted by molar-refractivity contribution is 7.98. The van der Waals surface area contributed by atoms with Crippen LogP contribution >= 0.6 is 11.8 Å². The van der Waals surface area contributed by atoms with E-state index in [0.717, 1.165) is 19.5 Å². The molecule has 0 radical (unpaired) electrons. The molecule has 0 atom stereocenters. The number of benzene rings is 1. The molecule has 0 aromatic heterocycles. The number of amides is 1. The summed E-state index contributed by atoms with van der Waals surface area (Å²) in [7, 11) is 0. The first kappa shape index (κ1) is 10.6. The van der Waals surface area contributed by atoms with Gasteiger partial charge in [0, 0.05) is 24.9 Å². The average Bonchev–Trinajstić information content (AvgIpc) is 2.27. The van der Waals surface area contributed by atoms with Crippen LogP contribution < -0.4 is 0 Å². The van der Waals surface area contributed by atoms with E-state index in [2.05, 4.69) is 24.5 Å². The van der Waals surface area contributed by atoms with Crippen molar-refractivity contribution in [2.45, 2.75) is 24.8 Å². The zero-order chi connectivity index (χ0) is 10.8. The summed E-state index contributed by atoms with van der Waals surface area (Å²) in [5.74, 6) is 0.176. The zero-order valence-electron chi connectivity index (χ0n) is 9.12. The largest absolute Gasteiger partial charge is 0.338 e. The maximum Gasteiger partial charge on any atom is 0.219 e. The van der Waals surface area contributed by atoms with Gasteiger partial charge in [-0.2, -0.15) is 0 Å². The normalized spacial score (nSPS) is 14.9. The van der Waals surface area contributed by atoms with Crippen molar-refractivity contribution < 1.29 is 4.79 Å². The van der Waals surface area contributed by atoms with E-state index in [1.807, 2.05) is 4.90 Å². The van der Waals surface area contributed by atoms with Crippen molar-refractivity contribution >= 4 is 17.7 Å². The number of carbonyl (C=O) groups excluding carboxylic acids is 1. The number of carbonyl (C=O) groups is 1. The van der Waals surface area contributed by atoms with E-state index in [0.29, 0.717) is 0 Å². The van der Waals surface area contributed by atoms with Gasteiger partial charge >= 0.3 is 0 Å². The van der Waals surface area contributed by atoms with Crippen LogP contribution in [0.15, 0.2) is 23.1 Å². The van der Waals surface area contributed by atoms with Gasteiger partial charge in [0.1, 0.15) is 0 Å². The Morgan fingerprint density at radius 2 is 2.20 bits per heavy atom. The lowest BCUT2D eigenvalue weighted by Gasteiger charge is -2.28. The van der Waals surface area contributed by atoms with Gasteiger partial charge in [-0.25, -0.2) is 0 Å². The van der Waals surface area contributed by atoms with Crippen LogP contribution in [0.2, 0.25) is 0 Å². The first-order chi connectivity index (χ1) is 7.20. The predicted molar refractivity (Wildman–Crippen MR) is 63.0 cm³/mol. The van der Waals surface area contributed by atoms with Gasteiger partial charge in [0.25, 0.3) is 0 Å². The van der Waals surface area contributed by atoms with Crippen LogP contribution in [0.1, 0.15) is 18.1 Å². The molecule has 1 aromatic carbocycles. The highest BCUT2D eigenvalue weighted by Gasteiger charge is 2.17. The molecule has 0 N–H and O–H groups in total. The maximum atomic E-state index is 11.3. The van der Waals surface area contributed by atoms with Gasteiger partial charge in [0.2, 0.25) is 5.91 Å². The van der Waals surface area contributed by atoms with E-state index in [4.69, 9.17) is 0 Å². The lowest BCUT2D eigenvalue weighted by molar-refractivity contribution is -0.129. The monoisotopic (exact) mass is 221 g/mol. The molecule has 0 fully saturated rings. The third-order valence-corrected chi connectivity index (χ3v) is 3.60. The van der Waals surface area contributed by atoms with E-state index in [9.17, 15) is 4.79 Å². The van der Waals surface area contributed by atoms with Crippen LogP contribution in [0, 0.1) is 0 Å². The lowest BCUT2D eigenvalue weighted by Crippen LogP contribution is -2.34. The third kappa shape index (κ3) is 2.17. The quantitative estimate of drug-likeness (QED) is 0.678. The molecule has 0 aliphatic carbocycles. The van der Waals surface area contributed by atoms with Crippen LogP contribution in [-0.4, -0.2) is 23.6 Å². The van der Waals surface area contributed by atoms with Crippen molar-refractivity contribution in [3.63, 3.8) is 0 Å². The molecule has 2 rings (SSSR count). The molecular formula is C12H15NOS. The Kier molecular flexibility index (Phi) is 3.00. The summed E-state index contributed by atoms with van der Waals surface area (Å²) >= 11 is 1.75. The molecular weight excluding hydrogens is 206 g/mol. The molecule has 1 aromatic rings. The average molecular weight is 221 g/mol. The van der Waals surface area contributed by atoms with Crippen molar-refractivity contribution in [1.29, 1.82) is 0 Å². The summed E-state index contributed by atoms with van der Waals surface area (Å²) in [6, 6.07) is 6.56. The van der Waals surface area contributed by atoms with Crippen LogP contribution in [0.5, 0.6) is 0 Å². The van der Waals surface area contributed by atoms with Gasteiger partial charge in [-0.05, 0) is 35.9 Å².